The van der Waals surface area contributed by atoms with Gasteiger partial charge in [0.05, 0.1) is 6.54 Å². The second-order valence-electron chi connectivity index (χ2n) is 6.47. The molecule has 4 heteroatoms. The molecule has 2 heterocycles. The summed E-state index contributed by atoms with van der Waals surface area (Å²) in [7, 11) is 0. The van der Waals surface area contributed by atoms with Crippen molar-refractivity contribution in [1.82, 2.24) is 14.8 Å². The number of aromatic nitrogens is 1. The van der Waals surface area contributed by atoms with Crippen molar-refractivity contribution < 1.29 is 4.42 Å². The van der Waals surface area contributed by atoms with Crippen LogP contribution in [0.3, 0.4) is 0 Å². The van der Waals surface area contributed by atoms with E-state index in [0.29, 0.717) is 0 Å². The van der Waals surface area contributed by atoms with Crippen molar-refractivity contribution in [2.24, 2.45) is 0 Å². The number of hydrogen-bond donors (Lipinski definition) is 0. The zero-order valence-corrected chi connectivity index (χ0v) is 14.3. The Morgan fingerprint density at radius 3 is 2.40 bits per heavy atom. The number of benzene rings is 2. The highest BCUT2D eigenvalue weighted by Crippen LogP contribution is 2.16. The Kier molecular flexibility index (Phi) is 4.91. The van der Waals surface area contributed by atoms with E-state index < -0.39 is 0 Å². The Morgan fingerprint density at radius 2 is 1.60 bits per heavy atom. The highest BCUT2D eigenvalue weighted by molar-refractivity contribution is 5.72. The number of rotatable bonds is 5. The van der Waals surface area contributed by atoms with Crippen LogP contribution in [-0.4, -0.2) is 47.5 Å². The maximum Gasteiger partial charge on any atom is 0.209 e. The molecule has 25 heavy (non-hydrogen) atoms. The molecule has 128 valence electrons. The summed E-state index contributed by atoms with van der Waals surface area (Å²) in [6.07, 6.45) is 4.45. The van der Waals surface area contributed by atoms with Gasteiger partial charge >= 0.3 is 0 Å². The van der Waals surface area contributed by atoms with Gasteiger partial charge in [0.15, 0.2) is 5.58 Å². The summed E-state index contributed by atoms with van der Waals surface area (Å²) in [4.78, 5) is 9.48. The largest absolute Gasteiger partial charge is 0.439 e. The number of oxazole rings is 1. The normalized spacial score (nSPS) is 16.8. The topological polar surface area (TPSA) is 32.5 Å². The lowest BCUT2D eigenvalue weighted by atomic mass is 10.2. The van der Waals surface area contributed by atoms with Gasteiger partial charge in [-0.15, -0.1) is 0 Å². The number of fused-ring (bicyclic) bond motifs is 1. The lowest BCUT2D eigenvalue weighted by Crippen LogP contribution is -2.45. The second kappa shape index (κ2) is 7.64. The molecule has 3 aromatic rings. The highest BCUT2D eigenvalue weighted by atomic mass is 16.3. The van der Waals surface area contributed by atoms with Crippen molar-refractivity contribution in [2.75, 3.05) is 32.7 Å². The van der Waals surface area contributed by atoms with Gasteiger partial charge in [-0.3, -0.25) is 9.80 Å². The first-order valence-electron chi connectivity index (χ1n) is 8.87. The molecule has 0 atom stereocenters. The van der Waals surface area contributed by atoms with Crippen LogP contribution >= 0.6 is 0 Å². The fraction of sp³-hybridized carbons (Fsp3) is 0.286. The van der Waals surface area contributed by atoms with E-state index in [1.807, 2.05) is 30.3 Å². The lowest BCUT2D eigenvalue weighted by Gasteiger charge is -2.33. The van der Waals surface area contributed by atoms with E-state index in [4.69, 9.17) is 4.42 Å². The van der Waals surface area contributed by atoms with Gasteiger partial charge in [0, 0.05) is 32.7 Å². The Balaban J connectivity index is 1.26. The Labute approximate surface area is 148 Å². The van der Waals surface area contributed by atoms with Gasteiger partial charge in [0.25, 0.3) is 0 Å². The molecule has 0 spiro atoms. The quantitative estimate of drug-likeness (QED) is 0.713. The SMILES string of the molecule is C(=C\c1ccccc1)/CN1CCN(Cc2nc3ccccc3o2)CC1. The molecule has 0 unspecified atom stereocenters. The highest BCUT2D eigenvalue weighted by Gasteiger charge is 2.18. The van der Waals surface area contributed by atoms with Crippen molar-refractivity contribution in [3.8, 4) is 0 Å². The summed E-state index contributed by atoms with van der Waals surface area (Å²) in [6.45, 7) is 6.07. The van der Waals surface area contributed by atoms with Crippen LogP contribution in [0.15, 0.2) is 65.1 Å². The molecule has 1 aromatic heterocycles. The minimum absolute atomic E-state index is 0.794. The summed E-state index contributed by atoms with van der Waals surface area (Å²) in [6, 6.07) is 18.4. The van der Waals surface area contributed by atoms with Gasteiger partial charge in [0.2, 0.25) is 5.89 Å². The lowest BCUT2D eigenvalue weighted by molar-refractivity contribution is 0.129. The molecule has 1 fully saturated rings. The minimum Gasteiger partial charge on any atom is -0.439 e. The summed E-state index contributed by atoms with van der Waals surface area (Å²) in [5.74, 6) is 0.818. The van der Waals surface area contributed by atoms with Crippen LogP contribution in [0.25, 0.3) is 17.2 Å². The molecule has 0 saturated carbocycles. The van der Waals surface area contributed by atoms with E-state index in [-0.39, 0.29) is 0 Å². The van der Waals surface area contributed by atoms with Crippen molar-refractivity contribution >= 4 is 17.2 Å². The smallest absolute Gasteiger partial charge is 0.209 e. The van der Waals surface area contributed by atoms with Crippen LogP contribution in [0, 0.1) is 0 Å². The molecule has 1 aliphatic rings. The van der Waals surface area contributed by atoms with E-state index in [1.165, 1.54) is 5.56 Å². The van der Waals surface area contributed by atoms with Crippen molar-refractivity contribution in [2.45, 2.75) is 6.54 Å². The van der Waals surface area contributed by atoms with Crippen LogP contribution in [0.1, 0.15) is 11.5 Å². The fourth-order valence-corrected chi connectivity index (χ4v) is 3.21. The molecule has 0 aliphatic carbocycles. The molecular formula is C21H23N3O. The number of para-hydroxylation sites is 2. The summed E-state index contributed by atoms with van der Waals surface area (Å²) >= 11 is 0. The molecule has 0 N–H and O–H groups in total. The molecule has 0 bridgehead atoms. The van der Waals surface area contributed by atoms with Gasteiger partial charge in [0.1, 0.15) is 5.52 Å². The third-order valence-electron chi connectivity index (χ3n) is 4.64. The average Bonchev–Trinajstić information content (AvgIpc) is 3.06. The molecule has 1 aliphatic heterocycles. The molecule has 4 rings (SSSR count). The number of nitrogens with zero attached hydrogens (tertiary/aromatic N) is 3. The van der Waals surface area contributed by atoms with Crippen molar-refractivity contribution in [1.29, 1.82) is 0 Å². The van der Waals surface area contributed by atoms with Gasteiger partial charge < -0.3 is 4.42 Å². The summed E-state index contributed by atoms with van der Waals surface area (Å²) in [5.41, 5.74) is 3.08. The monoisotopic (exact) mass is 333 g/mol. The van der Waals surface area contributed by atoms with E-state index in [1.54, 1.807) is 0 Å². The van der Waals surface area contributed by atoms with Crippen LogP contribution in [0.4, 0.5) is 0 Å². The van der Waals surface area contributed by atoms with E-state index >= 15 is 0 Å². The van der Waals surface area contributed by atoms with Crippen LogP contribution in [0.5, 0.6) is 0 Å². The second-order valence-corrected chi connectivity index (χ2v) is 6.47. The zero-order valence-electron chi connectivity index (χ0n) is 14.3. The van der Waals surface area contributed by atoms with E-state index in [0.717, 1.165) is 56.3 Å². The van der Waals surface area contributed by atoms with Crippen molar-refractivity contribution in [3.63, 3.8) is 0 Å². The number of piperazine rings is 1. The first-order chi connectivity index (χ1) is 12.4. The predicted molar refractivity (Wildman–Crippen MR) is 101 cm³/mol. The van der Waals surface area contributed by atoms with Gasteiger partial charge in [-0.25, -0.2) is 4.98 Å². The van der Waals surface area contributed by atoms with Crippen LogP contribution in [0.2, 0.25) is 0 Å². The molecule has 0 radical (unpaired) electrons. The van der Waals surface area contributed by atoms with E-state index in [9.17, 15) is 0 Å². The van der Waals surface area contributed by atoms with Gasteiger partial charge in [-0.1, -0.05) is 54.6 Å². The van der Waals surface area contributed by atoms with Gasteiger partial charge in [-0.05, 0) is 17.7 Å². The Morgan fingerprint density at radius 1 is 0.880 bits per heavy atom. The third-order valence-corrected chi connectivity index (χ3v) is 4.64. The number of hydrogen-bond acceptors (Lipinski definition) is 4. The first-order valence-corrected chi connectivity index (χ1v) is 8.87. The Hall–Kier alpha value is -2.43. The standard InChI is InChI=1S/C21H23N3O/c1-2-7-18(8-3-1)9-6-12-23-13-15-24(16-14-23)17-21-22-19-10-4-5-11-20(19)25-21/h1-11H,12-17H2/b9-6+. The maximum absolute atomic E-state index is 5.83. The first kappa shape index (κ1) is 16.1. The fourth-order valence-electron chi connectivity index (χ4n) is 3.21. The molecule has 4 nitrogen and oxygen atoms in total. The maximum atomic E-state index is 5.83. The van der Waals surface area contributed by atoms with Crippen LogP contribution in [-0.2, 0) is 6.54 Å². The van der Waals surface area contributed by atoms with E-state index in [2.05, 4.69) is 51.2 Å². The molecule has 1 saturated heterocycles. The predicted octanol–water partition coefficient (Wildman–Crippen LogP) is 3.66. The Bertz CT molecular complexity index is 799. The summed E-state index contributed by atoms with van der Waals surface area (Å²) < 4.78 is 5.83. The molecule has 0 amide bonds. The third kappa shape index (κ3) is 4.16. The zero-order chi connectivity index (χ0) is 16.9. The molecular weight excluding hydrogens is 310 g/mol. The molecule has 2 aromatic carbocycles. The van der Waals surface area contributed by atoms with Crippen molar-refractivity contribution in [3.05, 3.63) is 72.1 Å². The average molecular weight is 333 g/mol. The van der Waals surface area contributed by atoms with Gasteiger partial charge in [-0.2, -0.15) is 0 Å². The minimum atomic E-state index is 0.794. The summed E-state index contributed by atoms with van der Waals surface area (Å²) in [5, 5.41) is 0. The van der Waals surface area contributed by atoms with Crippen LogP contribution < -0.4 is 0 Å².